The van der Waals surface area contributed by atoms with Gasteiger partial charge in [0.15, 0.2) is 11.5 Å². The van der Waals surface area contributed by atoms with Gasteiger partial charge in [-0.3, -0.25) is 0 Å². The summed E-state index contributed by atoms with van der Waals surface area (Å²) in [7, 11) is 3.27. The molecule has 4 heteroatoms. The summed E-state index contributed by atoms with van der Waals surface area (Å²) in [5, 5.41) is 0.696. The number of benzene rings is 1. The molecular formula is C13H18ClNO2. The molecule has 1 fully saturated rings. The monoisotopic (exact) mass is 255 g/mol. The third-order valence-corrected chi connectivity index (χ3v) is 3.73. The molecule has 3 nitrogen and oxygen atoms in total. The molecule has 17 heavy (non-hydrogen) atoms. The molecule has 2 N–H and O–H groups in total. The maximum Gasteiger partial charge on any atom is 0.165 e. The van der Waals surface area contributed by atoms with Gasteiger partial charge in [-0.25, -0.2) is 0 Å². The van der Waals surface area contributed by atoms with Crippen molar-refractivity contribution < 1.29 is 9.47 Å². The molecule has 0 aliphatic heterocycles. The van der Waals surface area contributed by atoms with E-state index < -0.39 is 0 Å². The fourth-order valence-electron chi connectivity index (χ4n) is 2.07. The fraction of sp³-hybridized carbons (Fsp3) is 0.538. The van der Waals surface area contributed by atoms with Crippen molar-refractivity contribution in [1.82, 2.24) is 0 Å². The first-order chi connectivity index (χ1) is 8.00. The van der Waals surface area contributed by atoms with Gasteiger partial charge in [0.1, 0.15) is 0 Å². The standard InChI is InChI=1S/C13H18ClNO2/c1-8-10(14)6-9(7-13(15)4-5-13)12(17-3)11(8)16-2/h6H,4-5,7,15H2,1-3H3. The second kappa shape index (κ2) is 4.39. The van der Waals surface area contributed by atoms with Gasteiger partial charge in [0.25, 0.3) is 0 Å². The third kappa shape index (κ3) is 2.35. The van der Waals surface area contributed by atoms with Crippen LogP contribution in [-0.4, -0.2) is 19.8 Å². The highest BCUT2D eigenvalue weighted by atomic mass is 35.5. The van der Waals surface area contributed by atoms with E-state index in [1.165, 1.54) is 0 Å². The van der Waals surface area contributed by atoms with Crippen LogP contribution < -0.4 is 15.2 Å². The van der Waals surface area contributed by atoms with Crippen molar-refractivity contribution in [2.24, 2.45) is 5.73 Å². The van der Waals surface area contributed by atoms with E-state index in [4.69, 9.17) is 26.8 Å². The summed E-state index contributed by atoms with van der Waals surface area (Å²) in [6, 6.07) is 1.94. The van der Waals surface area contributed by atoms with Crippen LogP contribution in [0.4, 0.5) is 0 Å². The maximum absolute atomic E-state index is 6.20. The van der Waals surface area contributed by atoms with Gasteiger partial charge in [0.05, 0.1) is 14.2 Å². The highest BCUT2D eigenvalue weighted by Crippen LogP contribution is 2.43. The highest BCUT2D eigenvalue weighted by molar-refractivity contribution is 6.31. The van der Waals surface area contributed by atoms with Crippen molar-refractivity contribution in [3.63, 3.8) is 0 Å². The second-order valence-electron chi connectivity index (χ2n) is 4.75. The largest absolute Gasteiger partial charge is 0.493 e. The van der Waals surface area contributed by atoms with Crippen molar-refractivity contribution >= 4 is 11.6 Å². The zero-order valence-electron chi connectivity index (χ0n) is 10.5. The normalized spacial score (nSPS) is 16.8. The van der Waals surface area contributed by atoms with Gasteiger partial charge >= 0.3 is 0 Å². The van der Waals surface area contributed by atoms with Gasteiger partial charge in [-0.05, 0) is 32.3 Å². The summed E-state index contributed by atoms with van der Waals surface area (Å²) in [4.78, 5) is 0. The molecule has 0 bridgehead atoms. The molecule has 0 radical (unpaired) electrons. The predicted molar refractivity (Wildman–Crippen MR) is 69.1 cm³/mol. The van der Waals surface area contributed by atoms with Gasteiger partial charge in [0.2, 0.25) is 0 Å². The van der Waals surface area contributed by atoms with Gasteiger partial charge in [-0.2, -0.15) is 0 Å². The molecule has 0 unspecified atom stereocenters. The van der Waals surface area contributed by atoms with E-state index in [1.807, 2.05) is 13.0 Å². The summed E-state index contributed by atoms with van der Waals surface area (Å²) < 4.78 is 10.8. The minimum atomic E-state index is -0.0725. The Hall–Kier alpha value is -0.930. The highest BCUT2D eigenvalue weighted by Gasteiger charge is 2.39. The Morgan fingerprint density at radius 2 is 1.88 bits per heavy atom. The van der Waals surface area contributed by atoms with E-state index in [0.29, 0.717) is 10.8 Å². The summed E-state index contributed by atoms with van der Waals surface area (Å²) in [5.41, 5.74) is 8.00. The molecule has 2 rings (SSSR count). The van der Waals surface area contributed by atoms with E-state index in [2.05, 4.69) is 0 Å². The fourth-order valence-corrected chi connectivity index (χ4v) is 2.29. The van der Waals surface area contributed by atoms with E-state index in [0.717, 1.165) is 36.1 Å². The van der Waals surface area contributed by atoms with Crippen molar-refractivity contribution in [3.8, 4) is 11.5 Å². The van der Waals surface area contributed by atoms with Crippen molar-refractivity contribution in [2.75, 3.05) is 14.2 Å². The Morgan fingerprint density at radius 3 is 2.35 bits per heavy atom. The molecule has 0 spiro atoms. The van der Waals surface area contributed by atoms with Crippen LogP contribution in [0.15, 0.2) is 6.07 Å². The minimum Gasteiger partial charge on any atom is -0.493 e. The lowest BCUT2D eigenvalue weighted by molar-refractivity contribution is 0.348. The van der Waals surface area contributed by atoms with Crippen LogP contribution in [0.5, 0.6) is 11.5 Å². The Balaban J connectivity index is 2.46. The molecule has 1 aliphatic carbocycles. The van der Waals surface area contributed by atoms with Gasteiger partial charge in [-0.1, -0.05) is 11.6 Å². The number of nitrogens with two attached hydrogens (primary N) is 1. The Bertz CT molecular complexity index is 442. The Morgan fingerprint density at radius 1 is 1.29 bits per heavy atom. The topological polar surface area (TPSA) is 44.5 Å². The third-order valence-electron chi connectivity index (χ3n) is 3.34. The average molecular weight is 256 g/mol. The van der Waals surface area contributed by atoms with E-state index in [9.17, 15) is 0 Å². The van der Waals surface area contributed by atoms with Crippen LogP contribution in [0.2, 0.25) is 5.02 Å². The number of rotatable bonds is 4. The number of hydrogen-bond acceptors (Lipinski definition) is 3. The summed E-state index contributed by atoms with van der Waals surface area (Å²) in [5.74, 6) is 1.46. The minimum absolute atomic E-state index is 0.0725. The second-order valence-corrected chi connectivity index (χ2v) is 5.16. The van der Waals surface area contributed by atoms with E-state index in [-0.39, 0.29) is 5.54 Å². The number of methoxy groups -OCH3 is 2. The molecular weight excluding hydrogens is 238 g/mol. The van der Waals surface area contributed by atoms with Crippen LogP contribution in [0, 0.1) is 6.92 Å². The van der Waals surface area contributed by atoms with Crippen LogP contribution >= 0.6 is 11.6 Å². The first kappa shape index (κ1) is 12.5. The first-order valence-corrected chi connectivity index (χ1v) is 6.07. The molecule has 0 amide bonds. The Labute approximate surface area is 107 Å². The maximum atomic E-state index is 6.20. The predicted octanol–water partition coefficient (Wildman–Crippen LogP) is 2.70. The molecule has 0 heterocycles. The lowest BCUT2D eigenvalue weighted by atomic mass is 10.0. The molecule has 0 saturated heterocycles. The van der Waals surface area contributed by atoms with Gasteiger partial charge < -0.3 is 15.2 Å². The lowest BCUT2D eigenvalue weighted by Crippen LogP contribution is -2.24. The molecule has 1 aliphatic rings. The van der Waals surface area contributed by atoms with Gasteiger partial charge in [-0.15, -0.1) is 0 Å². The van der Waals surface area contributed by atoms with Crippen LogP contribution in [0.3, 0.4) is 0 Å². The number of hydrogen-bond donors (Lipinski definition) is 1. The molecule has 0 aromatic heterocycles. The number of halogens is 1. The molecule has 1 aromatic rings. The summed E-state index contributed by atoms with van der Waals surface area (Å²) in [6.45, 7) is 1.92. The van der Waals surface area contributed by atoms with E-state index in [1.54, 1.807) is 14.2 Å². The molecule has 1 aromatic carbocycles. The zero-order chi connectivity index (χ0) is 12.6. The number of ether oxygens (including phenoxy) is 2. The molecule has 94 valence electrons. The summed E-state index contributed by atoms with van der Waals surface area (Å²) in [6.07, 6.45) is 2.90. The molecule has 0 atom stereocenters. The zero-order valence-corrected chi connectivity index (χ0v) is 11.2. The van der Waals surface area contributed by atoms with Crippen molar-refractivity contribution in [3.05, 3.63) is 22.2 Å². The SMILES string of the molecule is COc1c(CC2(N)CC2)cc(Cl)c(C)c1OC. The summed E-state index contributed by atoms with van der Waals surface area (Å²) >= 11 is 6.20. The van der Waals surface area contributed by atoms with Crippen LogP contribution in [-0.2, 0) is 6.42 Å². The van der Waals surface area contributed by atoms with Gasteiger partial charge in [0, 0.05) is 21.7 Å². The quantitative estimate of drug-likeness (QED) is 0.900. The van der Waals surface area contributed by atoms with Crippen molar-refractivity contribution in [1.29, 1.82) is 0 Å². The molecule has 1 saturated carbocycles. The van der Waals surface area contributed by atoms with E-state index >= 15 is 0 Å². The smallest absolute Gasteiger partial charge is 0.165 e. The lowest BCUT2D eigenvalue weighted by Gasteiger charge is -2.18. The average Bonchev–Trinajstić information content (AvgIpc) is 3.00. The van der Waals surface area contributed by atoms with Crippen molar-refractivity contribution in [2.45, 2.75) is 31.7 Å². The van der Waals surface area contributed by atoms with Crippen LogP contribution in [0.25, 0.3) is 0 Å². The first-order valence-electron chi connectivity index (χ1n) is 5.69. The Kier molecular flexibility index (Phi) is 3.23. The van der Waals surface area contributed by atoms with Crippen LogP contribution in [0.1, 0.15) is 24.0 Å².